The third-order valence-electron chi connectivity index (χ3n) is 3.17. The number of phenolic OH excluding ortho intramolecular Hbond substituents is 1. The summed E-state index contributed by atoms with van der Waals surface area (Å²) >= 11 is 3.19. The van der Waals surface area contributed by atoms with Crippen LogP contribution in [0.25, 0.3) is 0 Å². The van der Waals surface area contributed by atoms with Gasteiger partial charge in [-0.2, -0.15) is 5.10 Å². The van der Waals surface area contributed by atoms with Crippen LogP contribution < -0.4 is 10.7 Å². The number of hydrogen-bond acceptors (Lipinski definition) is 4. The van der Waals surface area contributed by atoms with Crippen molar-refractivity contribution in [1.29, 1.82) is 0 Å². The van der Waals surface area contributed by atoms with Gasteiger partial charge in [0.15, 0.2) is 0 Å². The van der Waals surface area contributed by atoms with E-state index in [9.17, 15) is 14.7 Å². The number of halogens is 1. The van der Waals surface area contributed by atoms with E-state index < -0.39 is 5.91 Å². The number of rotatable bonds is 5. The summed E-state index contributed by atoms with van der Waals surface area (Å²) in [5, 5.41) is 15.7. The number of aryl methyl sites for hydroxylation is 1. The quantitative estimate of drug-likeness (QED) is 0.541. The van der Waals surface area contributed by atoms with Crippen LogP contribution in [0.4, 0.5) is 0 Å². The van der Waals surface area contributed by atoms with E-state index in [4.69, 9.17) is 0 Å². The normalized spacial score (nSPS) is 10.6. The molecule has 0 aliphatic carbocycles. The zero-order chi connectivity index (χ0) is 17.5. The van der Waals surface area contributed by atoms with Gasteiger partial charge >= 0.3 is 0 Å². The molecule has 2 amide bonds. The molecule has 0 atom stereocenters. The topological polar surface area (TPSA) is 90.8 Å². The van der Waals surface area contributed by atoms with Gasteiger partial charge in [-0.25, -0.2) is 5.43 Å². The summed E-state index contributed by atoms with van der Waals surface area (Å²) in [6.45, 7) is 1.65. The first-order valence-corrected chi connectivity index (χ1v) is 7.91. The zero-order valence-corrected chi connectivity index (χ0v) is 14.5. The predicted octanol–water partition coefficient (Wildman–Crippen LogP) is 2.34. The van der Waals surface area contributed by atoms with Crippen molar-refractivity contribution in [3.8, 4) is 5.75 Å². The van der Waals surface area contributed by atoms with Crippen LogP contribution in [0.1, 0.15) is 21.5 Å². The summed E-state index contributed by atoms with van der Waals surface area (Å²) in [6, 6.07) is 12.0. The van der Waals surface area contributed by atoms with Crippen LogP contribution in [0.3, 0.4) is 0 Å². The summed E-state index contributed by atoms with van der Waals surface area (Å²) in [6.07, 6.45) is 1.44. The van der Waals surface area contributed by atoms with Gasteiger partial charge in [-0.15, -0.1) is 0 Å². The van der Waals surface area contributed by atoms with E-state index >= 15 is 0 Å². The molecular formula is C17H16BrN3O3. The third-order valence-corrected chi connectivity index (χ3v) is 3.81. The molecule has 7 heteroatoms. The Hall–Kier alpha value is -2.67. The maximum absolute atomic E-state index is 12.0. The van der Waals surface area contributed by atoms with E-state index in [0.29, 0.717) is 15.6 Å². The molecule has 3 N–H and O–H groups in total. The molecule has 124 valence electrons. The number of aromatic hydroxyl groups is 1. The largest absolute Gasteiger partial charge is 0.507 e. The fourth-order valence-corrected chi connectivity index (χ4v) is 2.30. The Bertz CT molecular complexity index is 790. The molecule has 2 aromatic rings. The highest BCUT2D eigenvalue weighted by Gasteiger charge is 2.09. The Balaban J connectivity index is 1.83. The summed E-state index contributed by atoms with van der Waals surface area (Å²) in [5.74, 6) is -0.629. The van der Waals surface area contributed by atoms with Crippen LogP contribution in [0.15, 0.2) is 52.0 Å². The van der Waals surface area contributed by atoms with Gasteiger partial charge in [0, 0.05) is 5.56 Å². The molecule has 2 rings (SSSR count). The second kappa shape index (κ2) is 8.26. The van der Waals surface area contributed by atoms with Crippen molar-refractivity contribution in [3.05, 3.63) is 63.6 Å². The zero-order valence-electron chi connectivity index (χ0n) is 12.9. The number of benzene rings is 2. The van der Waals surface area contributed by atoms with E-state index in [2.05, 4.69) is 31.8 Å². The Morgan fingerprint density at radius 3 is 2.71 bits per heavy atom. The highest BCUT2D eigenvalue weighted by Crippen LogP contribution is 2.23. The van der Waals surface area contributed by atoms with Crippen molar-refractivity contribution in [3.63, 3.8) is 0 Å². The number of phenols is 1. The monoisotopic (exact) mass is 389 g/mol. The molecule has 0 unspecified atom stereocenters. The lowest BCUT2D eigenvalue weighted by Gasteiger charge is -2.06. The molecule has 0 aromatic heterocycles. The van der Waals surface area contributed by atoms with E-state index in [0.717, 1.165) is 5.56 Å². The molecule has 0 saturated heterocycles. The minimum absolute atomic E-state index is 0.120. The Morgan fingerprint density at radius 2 is 2.00 bits per heavy atom. The first kappa shape index (κ1) is 17.7. The lowest BCUT2D eigenvalue weighted by atomic mass is 10.1. The van der Waals surface area contributed by atoms with Crippen molar-refractivity contribution in [2.24, 2.45) is 5.10 Å². The molecule has 0 aliphatic rings. The minimum Gasteiger partial charge on any atom is -0.507 e. The maximum Gasteiger partial charge on any atom is 0.259 e. The molecular weight excluding hydrogens is 374 g/mol. The molecule has 0 radical (unpaired) electrons. The van der Waals surface area contributed by atoms with E-state index in [-0.39, 0.29) is 18.2 Å². The number of carbonyl (C=O) groups is 2. The average molecular weight is 390 g/mol. The van der Waals surface area contributed by atoms with Crippen molar-refractivity contribution < 1.29 is 14.7 Å². The van der Waals surface area contributed by atoms with Crippen LogP contribution in [-0.4, -0.2) is 29.7 Å². The second-order valence-corrected chi connectivity index (χ2v) is 5.86. The second-order valence-electron chi connectivity index (χ2n) is 5.00. The molecule has 6 nitrogen and oxygen atoms in total. The number of nitrogens with zero attached hydrogens (tertiary/aromatic N) is 1. The van der Waals surface area contributed by atoms with Crippen molar-refractivity contribution in [2.45, 2.75) is 6.92 Å². The highest BCUT2D eigenvalue weighted by molar-refractivity contribution is 9.10. The number of amides is 2. The maximum atomic E-state index is 12.0. The van der Waals surface area contributed by atoms with E-state index in [1.165, 1.54) is 12.3 Å². The number of nitrogens with one attached hydrogen (secondary N) is 2. The van der Waals surface area contributed by atoms with E-state index in [1.54, 1.807) is 24.3 Å². The summed E-state index contributed by atoms with van der Waals surface area (Å²) in [5.41, 5.74) is 4.39. The minimum atomic E-state index is -0.439. The first-order chi connectivity index (χ1) is 11.5. The lowest BCUT2D eigenvalue weighted by molar-refractivity contribution is -0.120. The van der Waals surface area contributed by atoms with Gasteiger partial charge in [-0.1, -0.05) is 18.2 Å². The first-order valence-electron chi connectivity index (χ1n) is 7.11. The highest BCUT2D eigenvalue weighted by atomic mass is 79.9. The summed E-state index contributed by atoms with van der Waals surface area (Å²) < 4.78 is 0.531. The van der Waals surface area contributed by atoms with Crippen molar-refractivity contribution >= 4 is 34.0 Å². The van der Waals surface area contributed by atoms with Gasteiger partial charge < -0.3 is 10.4 Å². The molecule has 0 saturated carbocycles. The van der Waals surface area contributed by atoms with Crippen LogP contribution in [0, 0.1) is 6.92 Å². The lowest BCUT2D eigenvalue weighted by Crippen LogP contribution is -2.35. The van der Waals surface area contributed by atoms with Gasteiger partial charge in [0.1, 0.15) is 5.75 Å². The van der Waals surface area contributed by atoms with Crippen molar-refractivity contribution in [1.82, 2.24) is 10.7 Å². The molecule has 0 spiro atoms. The number of carbonyl (C=O) groups excluding carboxylic acids is 2. The molecule has 0 fully saturated rings. The summed E-state index contributed by atoms with van der Waals surface area (Å²) in [7, 11) is 0. The van der Waals surface area contributed by atoms with E-state index in [1.807, 2.05) is 19.1 Å². The SMILES string of the molecule is Cc1ccccc1C(=O)NCC(=O)NN=Cc1ccc(O)c(Br)c1. The van der Waals surface area contributed by atoms with Gasteiger partial charge in [-0.05, 0) is 58.2 Å². The standard InChI is InChI=1S/C17H16BrN3O3/c1-11-4-2-3-5-13(11)17(24)19-10-16(23)21-20-9-12-6-7-15(22)14(18)8-12/h2-9,22H,10H2,1H3,(H,19,24)(H,21,23). The average Bonchev–Trinajstić information content (AvgIpc) is 2.56. The number of hydrogen-bond donors (Lipinski definition) is 3. The smallest absolute Gasteiger partial charge is 0.259 e. The molecule has 24 heavy (non-hydrogen) atoms. The van der Waals surface area contributed by atoms with Crippen LogP contribution in [0.2, 0.25) is 0 Å². The van der Waals surface area contributed by atoms with Crippen LogP contribution in [0.5, 0.6) is 5.75 Å². The fourth-order valence-electron chi connectivity index (χ4n) is 1.91. The fraction of sp³-hybridized carbons (Fsp3) is 0.118. The van der Waals surface area contributed by atoms with Crippen molar-refractivity contribution in [2.75, 3.05) is 6.54 Å². The number of hydrazone groups is 1. The van der Waals surface area contributed by atoms with Gasteiger partial charge in [0.05, 0.1) is 17.2 Å². The molecule has 2 aromatic carbocycles. The van der Waals surface area contributed by atoms with Gasteiger partial charge in [-0.3, -0.25) is 9.59 Å². The molecule has 0 aliphatic heterocycles. The Morgan fingerprint density at radius 1 is 1.25 bits per heavy atom. The Kier molecular flexibility index (Phi) is 6.08. The summed E-state index contributed by atoms with van der Waals surface area (Å²) in [4.78, 5) is 23.7. The van der Waals surface area contributed by atoms with Gasteiger partial charge in [0.2, 0.25) is 0 Å². The predicted molar refractivity (Wildman–Crippen MR) is 95.1 cm³/mol. The molecule has 0 heterocycles. The third kappa shape index (κ3) is 4.92. The van der Waals surface area contributed by atoms with Crippen LogP contribution in [-0.2, 0) is 4.79 Å². The van der Waals surface area contributed by atoms with Gasteiger partial charge in [0.25, 0.3) is 11.8 Å². The molecule has 0 bridgehead atoms. The van der Waals surface area contributed by atoms with Crippen LogP contribution >= 0.6 is 15.9 Å². The Labute approximate surface area is 147 Å².